The molecule has 0 amide bonds. The molecule has 14 heavy (non-hydrogen) atoms. The van der Waals surface area contributed by atoms with E-state index in [1.54, 1.807) is 0 Å². The van der Waals surface area contributed by atoms with Gasteiger partial charge in [0.1, 0.15) is 0 Å². The van der Waals surface area contributed by atoms with Gasteiger partial charge in [0.2, 0.25) is 0 Å². The summed E-state index contributed by atoms with van der Waals surface area (Å²) in [4.78, 5) is 2.76. The zero-order valence-corrected chi connectivity index (χ0v) is 9.73. The molecule has 2 rings (SSSR count). The minimum Gasteiger partial charge on any atom is -0.392 e. The molecule has 1 aromatic heterocycles. The van der Waals surface area contributed by atoms with Gasteiger partial charge in [-0.2, -0.15) is 0 Å². The third-order valence-corrected chi connectivity index (χ3v) is 4.56. The van der Waals surface area contributed by atoms with Crippen LogP contribution in [0.3, 0.4) is 0 Å². The monoisotopic (exact) mass is 210 g/mol. The van der Waals surface area contributed by atoms with Crippen LogP contribution in [0.15, 0.2) is 12.1 Å². The Morgan fingerprint density at radius 1 is 1.43 bits per heavy atom. The van der Waals surface area contributed by atoms with Crippen LogP contribution in [0.2, 0.25) is 0 Å². The number of rotatable bonds is 4. The largest absolute Gasteiger partial charge is 0.392 e. The molecule has 1 aromatic rings. The molecule has 0 saturated heterocycles. The van der Waals surface area contributed by atoms with Gasteiger partial charge in [-0.15, -0.1) is 11.3 Å². The van der Waals surface area contributed by atoms with Crippen molar-refractivity contribution in [2.75, 3.05) is 0 Å². The highest BCUT2D eigenvalue weighted by atomic mass is 32.1. The third kappa shape index (κ3) is 2.01. The van der Waals surface area contributed by atoms with E-state index in [4.69, 9.17) is 0 Å². The lowest BCUT2D eigenvalue weighted by molar-refractivity contribution is 0.104. The fourth-order valence-electron chi connectivity index (χ4n) is 1.69. The van der Waals surface area contributed by atoms with E-state index in [0.29, 0.717) is 0 Å². The highest BCUT2D eigenvalue weighted by molar-refractivity contribution is 7.11. The summed E-state index contributed by atoms with van der Waals surface area (Å²) in [6, 6.07) is 4.35. The first kappa shape index (κ1) is 10.2. The first-order valence-corrected chi connectivity index (χ1v) is 6.21. The molecule has 1 unspecified atom stereocenters. The zero-order chi connectivity index (χ0) is 10.2. The molecule has 0 aromatic carbocycles. The fourth-order valence-corrected chi connectivity index (χ4v) is 2.68. The maximum Gasteiger partial charge on any atom is 0.0641 e. The second kappa shape index (κ2) is 3.67. The van der Waals surface area contributed by atoms with E-state index in [1.807, 2.05) is 11.3 Å². The predicted molar refractivity (Wildman–Crippen MR) is 60.7 cm³/mol. The molecule has 0 bridgehead atoms. The Balaban J connectivity index is 1.96. The lowest BCUT2D eigenvalue weighted by atomic mass is 9.98. The molecular weight excluding hydrogens is 192 g/mol. The average molecular weight is 210 g/mol. The van der Waals surface area contributed by atoms with E-state index < -0.39 is 0 Å². The molecule has 78 valence electrons. The van der Waals surface area contributed by atoms with Crippen LogP contribution in [0, 0.1) is 5.41 Å². The van der Waals surface area contributed by atoms with Gasteiger partial charge in [-0.3, -0.25) is 0 Å². The molecular formula is C12H18OS. The van der Waals surface area contributed by atoms with Crippen LogP contribution in [-0.2, 0) is 12.8 Å². The Hall–Kier alpha value is -0.340. The van der Waals surface area contributed by atoms with Crippen molar-refractivity contribution in [3.8, 4) is 0 Å². The second-order valence-electron chi connectivity index (χ2n) is 4.60. The van der Waals surface area contributed by atoms with E-state index in [2.05, 4.69) is 26.0 Å². The molecule has 1 atom stereocenters. The van der Waals surface area contributed by atoms with E-state index in [9.17, 15) is 5.11 Å². The molecule has 0 radical (unpaired) electrons. The Kier molecular flexibility index (Phi) is 2.67. The number of aryl methyl sites for hydroxylation is 1. The number of hydrogen-bond donors (Lipinski definition) is 1. The number of thiophene rings is 1. The Bertz CT molecular complexity index is 312. The van der Waals surface area contributed by atoms with Crippen molar-refractivity contribution >= 4 is 11.3 Å². The summed E-state index contributed by atoms with van der Waals surface area (Å²) in [6.07, 6.45) is 4.21. The maximum absolute atomic E-state index is 9.99. The van der Waals surface area contributed by atoms with Gasteiger partial charge in [-0.25, -0.2) is 0 Å². The van der Waals surface area contributed by atoms with Crippen molar-refractivity contribution in [2.24, 2.45) is 5.41 Å². The first-order valence-electron chi connectivity index (χ1n) is 5.40. The van der Waals surface area contributed by atoms with Crippen molar-refractivity contribution < 1.29 is 5.11 Å². The molecule has 1 saturated carbocycles. The molecule has 0 aliphatic heterocycles. The normalized spacial score (nSPS) is 20.8. The lowest BCUT2D eigenvalue weighted by Gasteiger charge is -2.16. The fraction of sp³-hybridized carbons (Fsp3) is 0.667. The smallest absolute Gasteiger partial charge is 0.0641 e. The number of hydrogen-bond acceptors (Lipinski definition) is 2. The van der Waals surface area contributed by atoms with E-state index in [-0.39, 0.29) is 11.5 Å². The standard InChI is InChI=1S/C12H18OS/c1-3-9-4-5-10(14-9)8-11(13)12(2)6-7-12/h4-5,11,13H,3,6-8H2,1-2H3. The number of aliphatic hydroxyl groups excluding tert-OH is 1. The zero-order valence-electron chi connectivity index (χ0n) is 8.92. The van der Waals surface area contributed by atoms with Crippen LogP contribution in [0.1, 0.15) is 36.4 Å². The summed E-state index contributed by atoms with van der Waals surface area (Å²) in [5, 5.41) is 9.99. The Morgan fingerprint density at radius 2 is 2.07 bits per heavy atom. The van der Waals surface area contributed by atoms with Gasteiger partial charge in [0.15, 0.2) is 0 Å². The second-order valence-corrected chi connectivity index (χ2v) is 5.85. The van der Waals surface area contributed by atoms with Crippen LogP contribution in [0.4, 0.5) is 0 Å². The summed E-state index contributed by atoms with van der Waals surface area (Å²) in [6.45, 7) is 4.36. The Morgan fingerprint density at radius 3 is 2.57 bits per heavy atom. The summed E-state index contributed by atoms with van der Waals surface area (Å²) in [5.41, 5.74) is 0.233. The predicted octanol–water partition coefficient (Wildman–Crippen LogP) is 3.01. The van der Waals surface area contributed by atoms with Crippen LogP contribution >= 0.6 is 11.3 Å². The minimum atomic E-state index is -0.133. The molecule has 0 spiro atoms. The quantitative estimate of drug-likeness (QED) is 0.810. The van der Waals surface area contributed by atoms with E-state index in [1.165, 1.54) is 22.6 Å². The lowest BCUT2D eigenvalue weighted by Crippen LogP contribution is -2.20. The van der Waals surface area contributed by atoms with Gasteiger partial charge >= 0.3 is 0 Å². The van der Waals surface area contributed by atoms with Crippen molar-refractivity contribution in [1.29, 1.82) is 0 Å². The summed E-state index contributed by atoms with van der Waals surface area (Å²) < 4.78 is 0. The van der Waals surface area contributed by atoms with Crippen molar-refractivity contribution in [3.05, 3.63) is 21.9 Å². The SMILES string of the molecule is CCc1ccc(CC(O)C2(C)CC2)s1. The van der Waals surface area contributed by atoms with E-state index in [0.717, 1.165) is 12.8 Å². The first-order chi connectivity index (χ1) is 6.64. The molecule has 1 N–H and O–H groups in total. The van der Waals surface area contributed by atoms with Gasteiger partial charge in [-0.1, -0.05) is 13.8 Å². The van der Waals surface area contributed by atoms with Crippen molar-refractivity contribution in [2.45, 2.75) is 45.6 Å². The van der Waals surface area contributed by atoms with Gasteiger partial charge in [-0.05, 0) is 36.8 Å². The maximum atomic E-state index is 9.99. The molecule has 2 heteroatoms. The highest BCUT2D eigenvalue weighted by Crippen LogP contribution is 2.49. The van der Waals surface area contributed by atoms with Crippen LogP contribution in [0.5, 0.6) is 0 Å². The molecule has 1 fully saturated rings. The van der Waals surface area contributed by atoms with Crippen LogP contribution in [-0.4, -0.2) is 11.2 Å². The summed E-state index contributed by atoms with van der Waals surface area (Å²) >= 11 is 1.85. The van der Waals surface area contributed by atoms with Crippen molar-refractivity contribution in [3.63, 3.8) is 0 Å². The summed E-state index contributed by atoms with van der Waals surface area (Å²) in [7, 11) is 0. The van der Waals surface area contributed by atoms with Crippen LogP contribution in [0.25, 0.3) is 0 Å². The average Bonchev–Trinajstić information content (AvgIpc) is 2.77. The minimum absolute atomic E-state index is 0.133. The summed E-state index contributed by atoms with van der Waals surface area (Å²) in [5.74, 6) is 0. The van der Waals surface area contributed by atoms with Gasteiger partial charge in [0.05, 0.1) is 6.10 Å². The van der Waals surface area contributed by atoms with Gasteiger partial charge < -0.3 is 5.11 Å². The Labute approximate surface area is 89.8 Å². The third-order valence-electron chi connectivity index (χ3n) is 3.30. The highest BCUT2D eigenvalue weighted by Gasteiger charge is 2.43. The molecule has 1 heterocycles. The molecule has 1 nitrogen and oxygen atoms in total. The topological polar surface area (TPSA) is 20.2 Å². The van der Waals surface area contributed by atoms with Crippen LogP contribution < -0.4 is 0 Å². The molecule has 1 aliphatic rings. The van der Waals surface area contributed by atoms with Crippen molar-refractivity contribution in [1.82, 2.24) is 0 Å². The van der Waals surface area contributed by atoms with Gasteiger partial charge in [0.25, 0.3) is 0 Å². The number of aliphatic hydroxyl groups is 1. The van der Waals surface area contributed by atoms with E-state index >= 15 is 0 Å². The van der Waals surface area contributed by atoms with Gasteiger partial charge in [0, 0.05) is 16.2 Å². The molecule has 1 aliphatic carbocycles.